The summed E-state index contributed by atoms with van der Waals surface area (Å²) in [5.74, 6) is -1.82. The Balaban J connectivity index is 1.45. The predicted molar refractivity (Wildman–Crippen MR) is 116 cm³/mol. The van der Waals surface area contributed by atoms with Gasteiger partial charge < -0.3 is 9.80 Å². The van der Waals surface area contributed by atoms with Crippen LogP contribution in [0, 0.1) is 19.7 Å². The van der Waals surface area contributed by atoms with Crippen LogP contribution < -0.4 is 0 Å². The van der Waals surface area contributed by atoms with Gasteiger partial charge in [-0.3, -0.25) is 14.4 Å². The number of aromatic nitrogens is 2. The molecule has 7 nitrogen and oxygen atoms in total. The molecule has 0 N–H and O–H groups in total. The highest BCUT2D eigenvalue weighted by Gasteiger charge is 2.32. The molecule has 3 aromatic rings. The third-order valence-electron chi connectivity index (χ3n) is 5.66. The molecule has 0 spiro atoms. The fraction of sp³-hybridized carbons (Fsp3) is 0.250. The number of para-hydroxylation sites is 1. The Morgan fingerprint density at radius 1 is 0.844 bits per heavy atom. The van der Waals surface area contributed by atoms with Crippen molar-refractivity contribution in [3.05, 3.63) is 82.9 Å². The molecule has 1 aliphatic heterocycles. The number of carbonyl (C=O) groups excluding carboxylic acids is 3. The molecule has 0 atom stereocenters. The van der Waals surface area contributed by atoms with Crippen LogP contribution in [0.5, 0.6) is 0 Å². The van der Waals surface area contributed by atoms with Crippen LogP contribution in [0.15, 0.2) is 54.6 Å². The molecule has 2 heterocycles. The zero-order valence-electron chi connectivity index (χ0n) is 17.9. The van der Waals surface area contributed by atoms with Gasteiger partial charge in [0.25, 0.3) is 17.6 Å². The van der Waals surface area contributed by atoms with Gasteiger partial charge >= 0.3 is 0 Å². The Labute approximate surface area is 185 Å². The minimum Gasteiger partial charge on any atom is -0.335 e. The topological polar surface area (TPSA) is 75.5 Å². The molecular formula is C24H23FN4O3. The normalized spacial score (nSPS) is 13.8. The summed E-state index contributed by atoms with van der Waals surface area (Å²) in [5, 5.41) is 4.45. The molecule has 2 amide bonds. The Morgan fingerprint density at radius 3 is 2.06 bits per heavy atom. The molecular weight excluding hydrogens is 411 g/mol. The highest BCUT2D eigenvalue weighted by Crippen LogP contribution is 2.20. The summed E-state index contributed by atoms with van der Waals surface area (Å²) in [4.78, 5) is 41.6. The number of hydrogen-bond acceptors (Lipinski definition) is 4. The molecule has 0 bridgehead atoms. The minimum atomic E-state index is -0.599. The third-order valence-corrected chi connectivity index (χ3v) is 5.66. The lowest BCUT2D eigenvalue weighted by Crippen LogP contribution is -2.52. The van der Waals surface area contributed by atoms with Crippen molar-refractivity contribution in [3.8, 4) is 5.69 Å². The first-order valence-corrected chi connectivity index (χ1v) is 10.4. The first-order valence-electron chi connectivity index (χ1n) is 10.4. The van der Waals surface area contributed by atoms with Crippen molar-refractivity contribution in [1.82, 2.24) is 19.6 Å². The highest BCUT2D eigenvalue weighted by atomic mass is 19.1. The number of aryl methyl sites for hydroxylation is 1. The zero-order chi connectivity index (χ0) is 22.8. The van der Waals surface area contributed by atoms with Crippen molar-refractivity contribution in [2.75, 3.05) is 26.2 Å². The van der Waals surface area contributed by atoms with Gasteiger partial charge in [0.05, 0.1) is 22.6 Å². The number of halogens is 1. The van der Waals surface area contributed by atoms with Crippen LogP contribution in [0.25, 0.3) is 5.69 Å². The summed E-state index contributed by atoms with van der Waals surface area (Å²) >= 11 is 0. The second-order valence-electron chi connectivity index (χ2n) is 7.71. The van der Waals surface area contributed by atoms with Gasteiger partial charge in [-0.15, -0.1) is 0 Å². The molecule has 164 valence electrons. The maximum absolute atomic E-state index is 13.1. The van der Waals surface area contributed by atoms with E-state index in [-0.39, 0.29) is 19.0 Å². The summed E-state index contributed by atoms with van der Waals surface area (Å²) < 4.78 is 14.8. The predicted octanol–water partition coefficient (Wildman–Crippen LogP) is 2.80. The van der Waals surface area contributed by atoms with Gasteiger partial charge in [-0.25, -0.2) is 9.07 Å². The molecule has 0 aliphatic carbocycles. The van der Waals surface area contributed by atoms with Gasteiger partial charge in [-0.05, 0) is 50.2 Å². The van der Waals surface area contributed by atoms with Gasteiger partial charge in [-0.2, -0.15) is 5.10 Å². The monoisotopic (exact) mass is 434 g/mol. The van der Waals surface area contributed by atoms with E-state index in [0.29, 0.717) is 35.6 Å². The lowest BCUT2D eigenvalue weighted by Gasteiger charge is -2.34. The van der Waals surface area contributed by atoms with Crippen LogP contribution in [0.3, 0.4) is 0 Å². The average Bonchev–Trinajstić information content (AvgIpc) is 3.12. The molecule has 1 fully saturated rings. The number of hydrogen-bond donors (Lipinski definition) is 0. The average molecular weight is 434 g/mol. The summed E-state index contributed by atoms with van der Waals surface area (Å²) in [6, 6.07) is 14.8. The van der Waals surface area contributed by atoms with E-state index in [2.05, 4.69) is 5.10 Å². The summed E-state index contributed by atoms with van der Waals surface area (Å²) in [6.45, 7) is 4.59. The zero-order valence-corrected chi connectivity index (χ0v) is 17.9. The maximum Gasteiger partial charge on any atom is 0.295 e. The van der Waals surface area contributed by atoms with E-state index in [1.807, 2.05) is 30.3 Å². The van der Waals surface area contributed by atoms with E-state index < -0.39 is 17.5 Å². The smallest absolute Gasteiger partial charge is 0.295 e. The van der Waals surface area contributed by atoms with Gasteiger partial charge in [-0.1, -0.05) is 18.2 Å². The number of nitrogens with zero attached hydrogens (tertiary/aromatic N) is 4. The molecule has 8 heteroatoms. The Hall–Kier alpha value is -3.81. The SMILES string of the molecule is Cc1nn(-c2ccccc2)c(C)c1C(=O)C(=O)N1CCN(C(=O)c2ccc(F)cc2)CC1. The Kier molecular flexibility index (Phi) is 5.85. The largest absolute Gasteiger partial charge is 0.335 e. The summed E-state index contributed by atoms with van der Waals surface area (Å²) in [7, 11) is 0. The molecule has 32 heavy (non-hydrogen) atoms. The maximum atomic E-state index is 13.1. The van der Waals surface area contributed by atoms with Gasteiger partial charge in [0.2, 0.25) is 0 Å². The number of carbonyl (C=O) groups is 3. The van der Waals surface area contributed by atoms with Gasteiger partial charge in [0, 0.05) is 31.7 Å². The van der Waals surface area contributed by atoms with Crippen molar-refractivity contribution in [1.29, 1.82) is 0 Å². The molecule has 1 aliphatic rings. The Morgan fingerprint density at radius 2 is 1.44 bits per heavy atom. The van der Waals surface area contributed by atoms with Crippen molar-refractivity contribution < 1.29 is 18.8 Å². The fourth-order valence-electron chi connectivity index (χ4n) is 3.93. The van der Waals surface area contributed by atoms with Crippen LogP contribution in [-0.4, -0.2) is 63.4 Å². The number of amides is 2. The molecule has 1 aromatic heterocycles. The highest BCUT2D eigenvalue weighted by molar-refractivity contribution is 6.43. The summed E-state index contributed by atoms with van der Waals surface area (Å²) in [5.41, 5.74) is 2.62. The van der Waals surface area contributed by atoms with Crippen LogP contribution in [0.1, 0.15) is 32.1 Å². The molecule has 1 saturated heterocycles. The van der Waals surface area contributed by atoms with E-state index in [1.54, 1.807) is 23.4 Å². The van der Waals surface area contributed by atoms with Gasteiger partial charge in [0.15, 0.2) is 0 Å². The molecule has 0 unspecified atom stereocenters. The first-order chi connectivity index (χ1) is 15.4. The second kappa shape index (κ2) is 8.74. The quantitative estimate of drug-likeness (QED) is 0.468. The lowest BCUT2D eigenvalue weighted by atomic mass is 10.1. The van der Waals surface area contributed by atoms with Crippen LogP contribution >= 0.6 is 0 Å². The standard InChI is InChI=1S/C24H23FN4O3/c1-16-21(17(2)29(26-16)20-6-4-3-5-7-20)22(30)24(32)28-14-12-27(13-15-28)23(31)18-8-10-19(25)11-9-18/h3-11H,12-15H2,1-2H3. The Bertz CT molecular complexity index is 1160. The van der Waals surface area contributed by atoms with E-state index in [0.717, 1.165) is 5.69 Å². The first kappa shape index (κ1) is 21.4. The molecule has 2 aromatic carbocycles. The van der Waals surface area contributed by atoms with Crippen LogP contribution in [0.4, 0.5) is 4.39 Å². The lowest BCUT2D eigenvalue weighted by molar-refractivity contribution is -0.127. The van der Waals surface area contributed by atoms with E-state index in [1.165, 1.54) is 29.2 Å². The van der Waals surface area contributed by atoms with Crippen molar-refractivity contribution in [3.63, 3.8) is 0 Å². The molecule has 4 rings (SSSR count). The number of rotatable bonds is 4. The van der Waals surface area contributed by atoms with E-state index in [4.69, 9.17) is 0 Å². The second-order valence-corrected chi connectivity index (χ2v) is 7.71. The molecule has 0 radical (unpaired) electrons. The van der Waals surface area contributed by atoms with Crippen LogP contribution in [0.2, 0.25) is 0 Å². The van der Waals surface area contributed by atoms with Crippen LogP contribution in [-0.2, 0) is 4.79 Å². The van der Waals surface area contributed by atoms with Crippen molar-refractivity contribution in [2.45, 2.75) is 13.8 Å². The number of benzene rings is 2. The van der Waals surface area contributed by atoms with Gasteiger partial charge in [0.1, 0.15) is 5.82 Å². The van der Waals surface area contributed by atoms with E-state index in [9.17, 15) is 18.8 Å². The third kappa shape index (κ3) is 4.03. The van der Waals surface area contributed by atoms with Crippen molar-refractivity contribution >= 4 is 17.6 Å². The minimum absolute atomic E-state index is 0.223. The number of Topliss-reactive ketones (excluding diaryl/α,β-unsaturated/α-hetero) is 1. The molecule has 0 saturated carbocycles. The summed E-state index contributed by atoms with van der Waals surface area (Å²) in [6.07, 6.45) is 0. The van der Waals surface area contributed by atoms with Crippen molar-refractivity contribution in [2.24, 2.45) is 0 Å². The number of ketones is 1. The fourth-order valence-corrected chi connectivity index (χ4v) is 3.93. The number of piperazine rings is 1. The van der Waals surface area contributed by atoms with E-state index >= 15 is 0 Å².